The number of Topliss-reactive ketones (excluding diaryl/α,β-unsaturated/α-hetero) is 4. The van der Waals surface area contributed by atoms with E-state index in [1.807, 2.05) is 12.1 Å². The van der Waals surface area contributed by atoms with Gasteiger partial charge in [-0.1, -0.05) is 26.8 Å². The smallest absolute Gasteiger partial charge is 0.343 e. The molecule has 1 aliphatic heterocycles. The van der Waals surface area contributed by atoms with Crippen molar-refractivity contribution in [2.75, 3.05) is 26.4 Å². The Hall–Kier alpha value is -5.41. The number of amides is 3. The van der Waals surface area contributed by atoms with Gasteiger partial charge in [-0.05, 0) is 91.3 Å². The van der Waals surface area contributed by atoms with Crippen LogP contribution in [0, 0.1) is 17.8 Å². The number of aliphatic hydroxyl groups is 1. The van der Waals surface area contributed by atoms with Crippen LogP contribution in [0.15, 0.2) is 29.4 Å². The number of esters is 1. The van der Waals surface area contributed by atoms with E-state index in [4.69, 9.17) is 14.5 Å². The molecule has 1 aromatic carbocycles. The number of aryl methyl sites for hydroxylation is 2. The Kier molecular flexibility index (Phi) is 12.8. The predicted octanol–water partition coefficient (Wildman–Crippen LogP) is 2.46. The van der Waals surface area contributed by atoms with E-state index in [1.165, 1.54) is 0 Å². The van der Waals surface area contributed by atoms with Gasteiger partial charge in [-0.3, -0.25) is 33.6 Å². The minimum atomic E-state index is -1.89. The number of ketones is 4. The van der Waals surface area contributed by atoms with E-state index in [9.17, 15) is 43.5 Å². The molecule has 4 aliphatic carbocycles. The zero-order valence-electron chi connectivity index (χ0n) is 35.2. The number of pyridine rings is 1. The van der Waals surface area contributed by atoms with Crippen molar-refractivity contribution in [2.45, 2.75) is 116 Å². The second-order valence-corrected chi connectivity index (χ2v) is 17.2. The van der Waals surface area contributed by atoms with E-state index < -0.39 is 47.3 Å². The number of carbonyl (C=O) groups excluding carboxylic acids is 8. The summed E-state index contributed by atoms with van der Waals surface area (Å²) in [6.45, 7) is 7.14. The van der Waals surface area contributed by atoms with Gasteiger partial charge in [-0.2, -0.15) is 0 Å². The second-order valence-electron chi connectivity index (χ2n) is 17.2. The number of carbonyl (C=O) groups is 8. The first-order chi connectivity index (χ1) is 29.1. The van der Waals surface area contributed by atoms with E-state index >= 15 is 0 Å². The largest absolute Gasteiger partial charge is 0.458 e. The number of hydrogen-bond donors (Lipinski definition) is 4. The molecule has 7 rings (SSSR count). The lowest BCUT2D eigenvalue weighted by Crippen LogP contribution is -2.53. The maximum atomic E-state index is 13.8. The fraction of sp³-hybridized carbons (Fsp3) is 0.543. The van der Waals surface area contributed by atoms with Crippen molar-refractivity contribution < 1.29 is 52.9 Å². The van der Waals surface area contributed by atoms with Crippen molar-refractivity contribution in [3.63, 3.8) is 0 Å². The molecular weight excluding hydrogens is 785 g/mol. The minimum Gasteiger partial charge on any atom is -0.458 e. The molecule has 1 unspecified atom stereocenters. The van der Waals surface area contributed by atoms with Crippen LogP contribution >= 0.6 is 0 Å². The number of hydrogen-bond acceptors (Lipinski definition) is 12. The van der Waals surface area contributed by atoms with Crippen LogP contribution < -0.4 is 16.0 Å². The van der Waals surface area contributed by atoms with Crippen molar-refractivity contribution in [2.24, 2.45) is 17.8 Å². The fourth-order valence-electron chi connectivity index (χ4n) is 9.40. The molecule has 1 aromatic heterocycles. The molecular formula is C46H54N4O11. The summed E-state index contributed by atoms with van der Waals surface area (Å²) in [4.78, 5) is 107. The summed E-state index contributed by atoms with van der Waals surface area (Å²) in [6.07, 6.45) is 5.48. The molecule has 324 valence electrons. The lowest BCUT2D eigenvalue weighted by atomic mass is 9.75. The molecule has 15 nitrogen and oxygen atoms in total. The van der Waals surface area contributed by atoms with Gasteiger partial charge in [0, 0.05) is 55.2 Å². The zero-order chi connectivity index (χ0) is 43.7. The third-order valence-corrected chi connectivity index (χ3v) is 12.9. The zero-order valence-corrected chi connectivity index (χ0v) is 35.2. The third kappa shape index (κ3) is 8.59. The van der Waals surface area contributed by atoms with Gasteiger partial charge in [0.1, 0.15) is 24.2 Å². The molecule has 4 N–H and O–H groups in total. The Bertz CT molecular complexity index is 2280. The van der Waals surface area contributed by atoms with Crippen LogP contribution in [0.5, 0.6) is 0 Å². The summed E-state index contributed by atoms with van der Waals surface area (Å²) in [6, 6.07) is 2.05. The van der Waals surface area contributed by atoms with Crippen LogP contribution in [0.2, 0.25) is 0 Å². The van der Waals surface area contributed by atoms with Gasteiger partial charge in [0.2, 0.25) is 17.7 Å². The second kappa shape index (κ2) is 17.9. The topological polar surface area (TPSA) is 224 Å². The lowest BCUT2D eigenvalue weighted by molar-refractivity contribution is -0.163. The Morgan fingerprint density at radius 1 is 0.934 bits per heavy atom. The van der Waals surface area contributed by atoms with E-state index in [-0.39, 0.29) is 106 Å². The molecule has 0 bridgehead atoms. The highest BCUT2D eigenvalue weighted by Crippen LogP contribution is 2.49. The molecule has 3 amide bonds. The van der Waals surface area contributed by atoms with E-state index in [1.54, 1.807) is 33.8 Å². The van der Waals surface area contributed by atoms with Gasteiger partial charge in [0.15, 0.2) is 17.2 Å². The van der Waals surface area contributed by atoms with Crippen molar-refractivity contribution >= 4 is 63.3 Å². The standard InChI is InChI=1S/C46H54N4O11/c1-5-46(59)33-21-30-31(43(56)32(33)22-61-45(46)58)20-29-27-8-6-7-26-25(9-11-34(40(26)27)49-42(29)30)19-37(53)24(4)48-44(57)41(23(2)3)50-39(55)15-17-60-18-16-47-38(54)14-10-28-35(51)12-13-36(28)52/h9,11,21,23-24,28,31,41,59H,5-8,10,12-20,22H2,1-4H3,(H,47,54)(H,48,57)(H,50,55)/t24-,31?,41-,46-/m0/s1. The molecule has 5 aliphatic rings. The van der Waals surface area contributed by atoms with E-state index in [2.05, 4.69) is 16.0 Å². The summed E-state index contributed by atoms with van der Waals surface area (Å²) in [5.74, 6) is -3.94. The number of aromatic nitrogens is 1. The molecule has 1 fully saturated rings. The molecule has 0 radical (unpaired) electrons. The van der Waals surface area contributed by atoms with Crippen molar-refractivity contribution in [1.29, 1.82) is 0 Å². The number of rotatable bonds is 17. The predicted molar refractivity (Wildman–Crippen MR) is 221 cm³/mol. The van der Waals surface area contributed by atoms with Crippen molar-refractivity contribution in [3.05, 3.63) is 57.3 Å². The number of cyclic esters (lactones) is 1. The molecule has 4 atom stereocenters. The summed E-state index contributed by atoms with van der Waals surface area (Å²) in [5.41, 5.74) is 4.88. The maximum Gasteiger partial charge on any atom is 0.343 e. The first kappa shape index (κ1) is 43.7. The Morgan fingerprint density at radius 3 is 2.39 bits per heavy atom. The van der Waals surface area contributed by atoms with E-state index in [0.29, 0.717) is 28.8 Å². The van der Waals surface area contributed by atoms with Gasteiger partial charge in [-0.25, -0.2) is 9.78 Å². The summed E-state index contributed by atoms with van der Waals surface area (Å²) >= 11 is 0. The molecule has 2 heterocycles. The quantitative estimate of drug-likeness (QED) is 0.103. The lowest BCUT2D eigenvalue weighted by Gasteiger charge is -2.35. The Balaban J connectivity index is 0.932. The van der Waals surface area contributed by atoms with Gasteiger partial charge < -0.3 is 30.5 Å². The third-order valence-electron chi connectivity index (χ3n) is 12.9. The van der Waals surface area contributed by atoms with Gasteiger partial charge in [-0.15, -0.1) is 0 Å². The monoisotopic (exact) mass is 838 g/mol. The summed E-state index contributed by atoms with van der Waals surface area (Å²) in [7, 11) is 0. The van der Waals surface area contributed by atoms with Crippen LogP contribution in [0.3, 0.4) is 0 Å². The molecule has 0 spiro atoms. The average Bonchev–Trinajstić information content (AvgIpc) is 3.77. The van der Waals surface area contributed by atoms with Crippen molar-refractivity contribution in [1.82, 2.24) is 20.9 Å². The SMILES string of the molecule is CC[C@@]1(O)C(=O)OCC2=C1C=C1c3nc4ccc(CC(=O)[C@H](C)NC(=O)[C@@H](NC(=O)CCOCCNC(=O)CCC5C(=O)CCC5=O)C(C)C)c5c4c(c3CC1C2=O)CCC5. The molecule has 0 saturated heterocycles. The highest BCUT2D eigenvalue weighted by Gasteiger charge is 2.50. The highest BCUT2D eigenvalue weighted by atomic mass is 16.6. The molecule has 2 aromatic rings. The summed E-state index contributed by atoms with van der Waals surface area (Å²) < 4.78 is 10.7. The average molecular weight is 839 g/mol. The van der Waals surface area contributed by atoms with Gasteiger partial charge in [0.25, 0.3) is 0 Å². The van der Waals surface area contributed by atoms with Crippen LogP contribution in [0.4, 0.5) is 0 Å². The van der Waals surface area contributed by atoms with Crippen LogP contribution in [-0.2, 0) is 73.5 Å². The Morgan fingerprint density at radius 2 is 1.67 bits per heavy atom. The normalized spacial score (nSPS) is 21.7. The molecule has 15 heteroatoms. The first-order valence-electron chi connectivity index (χ1n) is 21.5. The molecule has 61 heavy (non-hydrogen) atoms. The number of benzene rings is 1. The number of nitrogens with zero attached hydrogens (tertiary/aromatic N) is 1. The van der Waals surface area contributed by atoms with Crippen LogP contribution in [-0.4, -0.2) is 101 Å². The van der Waals surface area contributed by atoms with Gasteiger partial charge in [0.05, 0.1) is 42.3 Å². The number of nitrogens with one attached hydrogen (secondary N) is 3. The van der Waals surface area contributed by atoms with Crippen molar-refractivity contribution in [3.8, 4) is 0 Å². The number of allylic oxidation sites excluding steroid dienone is 1. The Labute approximate surface area is 353 Å². The summed E-state index contributed by atoms with van der Waals surface area (Å²) in [5, 5.41) is 20.5. The van der Waals surface area contributed by atoms with Crippen LogP contribution in [0.1, 0.15) is 101 Å². The molecule has 1 saturated carbocycles. The number of ether oxygens (including phenoxy) is 2. The minimum absolute atomic E-state index is 0.0265. The fourth-order valence-corrected chi connectivity index (χ4v) is 9.40. The van der Waals surface area contributed by atoms with Crippen LogP contribution in [0.25, 0.3) is 16.5 Å². The van der Waals surface area contributed by atoms with Gasteiger partial charge >= 0.3 is 5.97 Å². The first-order valence-corrected chi connectivity index (χ1v) is 21.5. The van der Waals surface area contributed by atoms with E-state index in [0.717, 1.165) is 52.4 Å². The number of fused-ring (bicyclic) bond motifs is 4. The highest BCUT2D eigenvalue weighted by molar-refractivity contribution is 6.13. The maximum absolute atomic E-state index is 13.8.